The van der Waals surface area contributed by atoms with Crippen LogP contribution in [0.4, 0.5) is 0 Å². The van der Waals surface area contributed by atoms with Gasteiger partial charge in [-0.2, -0.15) is 5.10 Å². The zero-order chi connectivity index (χ0) is 18.0. The Balaban J connectivity index is 1.70. The van der Waals surface area contributed by atoms with Gasteiger partial charge in [-0.1, -0.05) is 30.3 Å². The van der Waals surface area contributed by atoms with Crippen LogP contribution >= 0.6 is 0 Å². The fraction of sp³-hybridized carbons (Fsp3) is 0.176. The standard InChI is InChI=1S/C17H18N4O3S/c1-12-9-13(2)21(19-12)11-17(22)18-20-25(23,24)16-8-7-14-5-3-4-6-15(14)10-16/h3-10,20H,11H2,1-2H3,(H,18,22). The summed E-state index contributed by atoms with van der Waals surface area (Å²) in [6.45, 7) is 3.58. The van der Waals surface area contributed by atoms with Gasteiger partial charge in [-0.05, 0) is 42.8 Å². The maximum absolute atomic E-state index is 12.4. The van der Waals surface area contributed by atoms with Gasteiger partial charge in [0, 0.05) is 5.69 Å². The molecule has 8 heteroatoms. The molecule has 2 aromatic carbocycles. The van der Waals surface area contributed by atoms with Gasteiger partial charge >= 0.3 is 0 Å². The number of sulfonamides is 1. The van der Waals surface area contributed by atoms with E-state index in [0.29, 0.717) is 0 Å². The second kappa shape index (κ2) is 6.66. The van der Waals surface area contributed by atoms with E-state index in [1.54, 1.807) is 12.1 Å². The Bertz CT molecular complexity index is 1040. The third-order valence-corrected chi connectivity index (χ3v) is 5.00. The fourth-order valence-corrected chi connectivity index (χ4v) is 3.42. The SMILES string of the molecule is Cc1cc(C)n(CC(=O)NNS(=O)(=O)c2ccc3ccccc3c2)n1. The topological polar surface area (TPSA) is 93.1 Å². The summed E-state index contributed by atoms with van der Waals surface area (Å²) in [6, 6.07) is 14.1. The molecule has 0 aliphatic rings. The van der Waals surface area contributed by atoms with Crippen molar-refractivity contribution in [2.45, 2.75) is 25.3 Å². The highest BCUT2D eigenvalue weighted by Gasteiger charge is 2.16. The van der Waals surface area contributed by atoms with E-state index < -0.39 is 15.9 Å². The summed E-state index contributed by atoms with van der Waals surface area (Å²) < 4.78 is 26.2. The number of rotatable bonds is 5. The molecular formula is C17H18N4O3S. The number of amides is 1. The predicted molar refractivity (Wildman–Crippen MR) is 94.1 cm³/mol. The Hall–Kier alpha value is -2.71. The van der Waals surface area contributed by atoms with Crippen molar-refractivity contribution in [3.63, 3.8) is 0 Å². The minimum Gasteiger partial charge on any atom is -0.276 e. The maximum atomic E-state index is 12.4. The molecule has 0 fully saturated rings. The monoisotopic (exact) mass is 358 g/mol. The van der Waals surface area contributed by atoms with Crippen molar-refractivity contribution in [2.75, 3.05) is 0 Å². The number of carbonyl (C=O) groups is 1. The van der Waals surface area contributed by atoms with Crippen LogP contribution in [-0.4, -0.2) is 24.1 Å². The molecular weight excluding hydrogens is 340 g/mol. The smallest absolute Gasteiger partial charge is 0.257 e. The zero-order valence-electron chi connectivity index (χ0n) is 13.9. The van der Waals surface area contributed by atoms with Crippen molar-refractivity contribution in [1.82, 2.24) is 20.0 Å². The van der Waals surface area contributed by atoms with Crippen molar-refractivity contribution in [1.29, 1.82) is 0 Å². The van der Waals surface area contributed by atoms with E-state index in [1.807, 2.05) is 44.2 Å². The van der Waals surface area contributed by atoms with Crippen LogP contribution in [0.3, 0.4) is 0 Å². The molecule has 0 saturated heterocycles. The molecule has 0 saturated carbocycles. The van der Waals surface area contributed by atoms with Crippen LogP contribution in [0.1, 0.15) is 11.4 Å². The number of aromatic nitrogens is 2. The highest BCUT2D eigenvalue weighted by molar-refractivity contribution is 7.89. The number of benzene rings is 2. The average molecular weight is 358 g/mol. The lowest BCUT2D eigenvalue weighted by atomic mass is 10.1. The molecule has 0 aliphatic carbocycles. The highest BCUT2D eigenvalue weighted by Crippen LogP contribution is 2.18. The van der Waals surface area contributed by atoms with Gasteiger partial charge in [0.2, 0.25) is 0 Å². The van der Waals surface area contributed by atoms with Crippen molar-refractivity contribution in [3.8, 4) is 0 Å². The summed E-state index contributed by atoms with van der Waals surface area (Å²) in [6.07, 6.45) is 0. The van der Waals surface area contributed by atoms with E-state index in [0.717, 1.165) is 22.2 Å². The Labute approximate surface area is 145 Å². The van der Waals surface area contributed by atoms with Gasteiger partial charge < -0.3 is 0 Å². The first kappa shape index (κ1) is 17.1. The fourth-order valence-electron chi connectivity index (χ4n) is 2.53. The molecule has 25 heavy (non-hydrogen) atoms. The van der Waals surface area contributed by atoms with Crippen LogP contribution in [0.5, 0.6) is 0 Å². The summed E-state index contributed by atoms with van der Waals surface area (Å²) in [5, 5.41) is 5.91. The Morgan fingerprint density at radius 1 is 1.08 bits per heavy atom. The number of hydrogen-bond acceptors (Lipinski definition) is 4. The third kappa shape index (κ3) is 3.86. The maximum Gasteiger partial charge on any atom is 0.257 e. The molecule has 0 aliphatic heterocycles. The van der Waals surface area contributed by atoms with Gasteiger partial charge in [-0.3, -0.25) is 14.9 Å². The number of nitrogens with one attached hydrogen (secondary N) is 2. The minimum absolute atomic E-state index is 0.0695. The first-order chi connectivity index (χ1) is 11.8. The number of hydrogen-bond donors (Lipinski definition) is 2. The molecule has 0 radical (unpaired) electrons. The van der Waals surface area contributed by atoms with Crippen LogP contribution in [0.15, 0.2) is 53.4 Å². The van der Waals surface area contributed by atoms with Gasteiger partial charge in [0.05, 0.1) is 10.6 Å². The normalized spacial score (nSPS) is 11.6. The predicted octanol–water partition coefficient (Wildman–Crippen LogP) is 1.66. The summed E-state index contributed by atoms with van der Waals surface area (Å²) in [5.74, 6) is -0.504. The van der Waals surface area contributed by atoms with Gasteiger partial charge in [-0.25, -0.2) is 8.42 Å². The molecule has 2 N–H and O–H groups in total. The first-order valence-corrected chi connectivity index (χ1v) is 9.14. The third-order valence-electron chi connectivity index (χ3n) is 3.75. The molecule has 0 spiro atoms. The summed E-state index contributed by atoms with van der Waals surface area (Å²) in [7, 11) is -3.86. The van der Waals surface area contributed by atoms with Crippen LogP contribution < -0.4 is 10.3 Å². The van der Waals surface area contributed by atoms with Crippen molar-refractivity contribution in [3.05, 3.63) is 59.9 Å². The van der Waals surface area contributed by atoms with Gasteiger partial charge in [0.15, 0.2) is 0 Å². The second-order valence-electron chi connectivity index (χ2n) is 5.75. The molecule has 7 nitrogen and oxygen atoms in total. The highest BCUT2D eigenvalue weighted by atomic mass is 32.2. The summed E-state index contributed by atoms with van der Waals surface area (Å²) in [4.78, 5) is 14.2. The molecule has 0 atom stereocenters. The van der Waals surface area contributed by atoms with Crippen molar-refractivity contribution >= 4 is 26.7 Å². The number of carbonyl (C=O) groups excluding carboxylic acids is 1. The van der Waals surface area contributed by atoms with E-state index in [4.69, 9.17) is 0 Å². The van der Waals surface area contributed by atoms with Gasteiger partial charge in [0.1, 0.15) is 6.54 Å². The van der Waals surface area contributed by atoms with Gasteiger partial charge in [-0.15, -0.1) is 4.83 Å². The Kier molecular flexibility index (Phi) is 4.56. The molecule has 0 unspecified atom stereocenters. The summed E-state index contributed by atoms with van der Waals surface area (Å²) >= 11 is 0. The Morgan fingerprint density at radius 2 is 1.80 bits per heavy atom. The summed E-state index contributed by atoms with van der Waals surface area (Å²) in [5.41, 5.74) is 3.83. The number of hydrazine groups is 1. The molecule has 130 valence electrons. The lowest BCUT2D eigenvalue weighted by molar-refractivity contribution is -0.122. The quantitative estimate of drug-likeness (QED) is 0.679. The van der Waals surface area contributed by atoms with E-state index in [1.165, 1.54) is 10.7 Å². The molecule has 3 rings (SSSR count). The van der Waals surface area contributed by atoms with Crippen molar-refractivity contribution < 1.29 is 13.2 Å². The molecule has 3 aromatic rings. The molecule has 1 aromatic heterocycles. The van der Waals surface area contributed by atoms with Crippen LogP contribution in [-0.2, 0) is 21.4 Å². The second-order valence-corrected chi connectivity index (χ2v) is 7.43. The van der Waals surface area contributed by atoms with Crippen LogP contribution in [0.25, 0.3) is 10.8 Å². The lowest BCUT2D eigenvalue weighted by Gasteiger charge is -2.10. The molecule has 1 heterocycles. The van der Waals surface area contributed by atoms with E-state index in [9.17, 15) is 13.2 Å². The van der Waals surface area contributed by atoms with E-state index >= 15 is 0 Å². The number of aryl methyl sites for hydroxylation is 2. The number of nitrogens with zero attached hydrogens (tertiary/aromatic N) is 2. The van der Waals surface area contributed by atoms with E-state index in [2.05, 4.69) is 15.4 Å². The zero-order valence-corrected chi connectivity index (χ0v) is 14.7. The molecule has 0 bridgehead atoms. The minimum atomic E-state index is -3.86. The van der Waals surface area contributed by atoms with Gasteiger partial charge in [0.25, 0.3) is 15.9 Å². The van der Waals surface area contributed by atoms with Crippen molar-refractivity contribution in [2.24, 2.45) is 0 Å². The Morgan fingerprint density at radius 3 is 2.48 bits per heavy atom. The largest absolute Gasteiger partial charge is 0.276 e. The molecule has 1 amide bonds. The van der Waals surface area contributed by atoms with Crippen LogP contribution in [0.2, 0.25) is 0 Å². The lowest BCUT2D eigenvalue weighted by Crippen LogP contribution is -2.43. The van der Waals surface area contributed by atoms with Crippen LogP contribution in [0, 0.1) is 13.8 Å². The first-order valence-electron chi connectivity index (χ1n) is 7.66. The number of fused-ring (bicyclic) bond motifs is 1. The van der Waals surface area contributed by atoms with E-state index in [-0.39, 0.29) is 11.4 Å². The average Bonchev–Trinajstić information content (AvgIpc) is 2.90.